The molecule has 1 aromatic heterocycles. The SMILES string of the molecule is COc1ccc2nc(N3CCN(C(=O)/C=C/c4cccc([N+](=O)[O-])c4)CC3)sc2c1. The second kappa shape index (κ2) is 8.50. The predicted octanol–water partition coefficient (Wildman–Crippen LogP) is 3.58. The number of hydrogen-bond donors (Lipinski definition) is 0. The van der Waals surface area contributed by atoms with Crippen LogP contribution in [0.25, 0.3) is 16.3 Å². The fraction of sp³-hybridized carbons (Fsp3) is 0.238. The third-order valence-corrected chi connectivity index (χ3v) is 6.02. The van der Waals surface area contributed by atoms with Gasteiger partial charge in [-0.2, -0.15) is 0 Å². The Morgan fingerprint density at radius 2 is 2.00 bits per heavy atom. The molecule has 1 aliphatic heterocycles. The van der Waals surface area contributed by atoms with E-state index in [9.17, 15) is 14.9 Å². The van der Waals surface area contributed by atoms with Gasteiger partial charge in [0.05, 0.1) is 22.2 Å². The molecule has 30 heavy (non-hydrogen) atoms. The lowest BCUT2D eigenvalue weighted by Crippen LogP contribution is -2.48. The Labute approximate surface area is 177 Å². The minimum absolute atomic E-state index is 0.00617. The Morgan fingerprint density at radius 3 is 2.73 bits per heavy atom. The van der Waals surface area contributed by atoms with Crippen LogP contribution < -0.4 is 9.64 Å². The average molecular weight is 424 g/mol. The van der Waals surface area contributed by atoms with Crippen LogP contribution >= 0.6 is 11.3 Å². The molecule has 1 aliphatic rings. The third kappa shape index (κ3) is 4.25. The van der Waals surface area contributed by atoms with E-state index in [1.165, 1.54) is 18.2 Å². The molecule has 0 aliphatic carbocycles. The molecule has 1 fully saturated rings. The maximum Gasteiger partial charge on any atom is 0.270 e. The number of nitro groups is 1. The number of nitrogens with zero attached hydrogens (tertiary/aromatic N) is 4. The van der Waals surface area contributed by atoms with Crippen LogP contribution in [0.1, 0.15) is 5.56 Å². The highest BCUT2D eigenvalue weighted by atomic mass is 32.1. The Kier molecular flexibility index (Phi) is 5.62. The molecule has 0 unspecified atom stereocenters. The number of fused-ring (bicyclic) bond motifs is 1. The molecule has 1 amide bonds. The van der Waals surface area contributed by atoms with Gasteiger partial charge in [0.2, 0.25) is 5.91 Å². The second-order valence-corrected chi connectivity index (χ2v) is 7.84. The first kappa shape index (κ1) is 19.8. The Balaban J connectivity index is 1.37. The van der Waals surface area contributed by atoms with Gasteiger partial charge in [0.25, 0.3) is 5.69 Å². The van der Waals surface area contributed by atoms with Gasteiger partial charge in [-0.3, -0.25) is 14.9 Å². The lowest BCUT2D eigenvalue weighted by atomic mass is 10.2. The zero-order valence-electron chi connectivity index (χ0n) is 16.4. The first-order chi connectivity index (χ1) is 14.5. The van der Waals surface area contributed by atoms with E-state index in [1.54, 1.807) is 41.6 Å². The summed E-state index contributed by atoms with van der Waals surface area (Å²) in [5.74, 6) is 0.707. The van der Waals surface area contributed by atoms with Crippen molar-refractivity contribution in [1.29, 1.82) is 0 Å². The number of aromatic nitrogens is 1. The second-order valence-electron chi connectivity index (χ2n) is 6.83. The zero-order chi connectivity index (χ0) is 21.1. The quantitative estimate of drug-likeness (QED) is 0.353. The molecule has 0 radical (unpaired) electrons. The first-order valence-electron chi connectivity index (χ1n) is 9.44. The summed E-state index contributed by atoms with van der Waals surface area (Å²) < 4.78 is 6.34. The van der Waals surface area contributed by atoms with Gasteiger partial charge >= 0.3 is 0 Å². The lowest BCUT2D eigenvalue weighted by Gasteiger charge is -2.34. The van der Waals surface area contributed by atoms with E-state index in [0.29, 0.717) is 31.7 Å². The number of non-ortho nitro benzene ring substituents is 1. The number of carbonyl (C=O) groups is 1. The van der Waals surface area contributed by atoms with Crippen molar-refractivity contribution in [3.8, 4) is 5.75 Å². The smallest absolute Gasteiger partial charge is 0.270 e. The molecule has 0 N–H and O–H groups in total. The van der Waals surface area contributed by atoms with Gasteiger partial charge in [-0.15, -0.1) is 0 Å². The van der Waals surface area contributed by atoms with E-state index in [2.05, 4.69) is 4.90 Å². The van der Waals surface area contributed by atoms with Crippen LogP contribution in [0.2, 0.25) is 0 Å². The topological polar surface area (TPSA) is 88.8 Å². The van der Waals surface area contributed by atoms with Crippen LogP contribution in [0.15, 0.2) is 48.5 Å². The largest absolute Gasteiger partial charge is 0.497 e. The molecule has 2 heterocycles. The molecule has 0 spiro atoms. The van der Waals surface area contributed by atoms with Crippen molar-refractivity contribution in [3.05, 3.63) is 64.2 Å². The molecule has 2 aromatic carbocycles. The maximum atomic E-state index is 12.5. The number of nitro benzene ring substituents is 1. The monoisotopic (exact) mass is 424 g/mol. The van der Waals surface area contributed by atoms with Gasteiger partial charge in [0.1, 0.15) is 5.75 Å². The summed E-state index contributed by atoms with van der Waals surface area (Å²) >= 11 is 1.62. The van der Waals surface area contributed by atoms with E-state index < -0.39 is 4.92 Å². The molecule has 0 bridgehead atoms. The summed E-state index contributed by atoms with van der Waals surface area (Å²) in [5, 5.41) is 11.8. The maximum absolute atomic E-state index is 12.5. The molecule has 1 saturated heterocycles. The fourth-order valence-corrected chi connectivity index (χ4v) is 4.33. The number of amides is 1. The highest BCUT2D eigenvalue weighted by Crippen LogP contribution is 2.31. The van der Waals surface area contributed by atoms with Crippen molar-refractivity contribution in [3.63, 3.8) is 0 Å². The van der Waals surface area contributed by atoms with Gasteiger partial charge in [-0.05, 0) is 29.8 Å². The minimum Gasteiger partial charge on any atom is -0.497 e. The van der Waals surface area contributed by atoms with Crippen LogP contribution in [-0.4, -0.2) is 54.0 Å². The molecule has 0 atom stereocenters. The first-order valence-corrected chi connectivity index (χ1v) is 10.3. The standard InChI is InChI=1S/C21H20N4O4S/c1-29-17-6-7-18-19(14-17)30-21(22-18)24-11-9-23(10-12-24)20(26)8-5-15-3-2-4-16(13-15)25(27)28/h2-8,13-14H,9-12H2,1H3/b8-5+. The molecule has 3 aromatic rings. The molecule has 4 rings (SSSR count). The van der Waals surface area contributed by atoms with Crippen LogP contribution in [-0.2, 0) is 4.79 Å². The molecular formula is C21H20N4O4S. The number of ether oxygens (including phenoxy) is 1. The van der Waals surface area contributed by atoms with E-state index in [1.807, 2.05) is 18.2 Å². The Hall–Kier alpha value is -3.46. The molecular weight excluding hydrogens is 404 g/mol. The van der Waals surface area contributed by atoms with E-state index in [4.69, 9.17) is 9.72 Å². The van der Waals surface area contributed by atoms with Gasteiger partial charge in [-0.25, -0.2) is 4.98 Å². The number of rotatable bonds is 5. The van der Waals surface area contributed by atoms with Crippen molar-refractivity contribution < 1.29 is 14.5 Å². The summed E-state index contributed by atoms with van der Waals surface area (Å²) in [5.41, 5.74) is 1.57. The van der Waals surface area contributed by atoms with Gasteiger partial charge in [0.15, 0.2) is 5.13 Å². The molecule has 0 saturated carbocycles. The van der Waals surface area contributed by atoms with E-state index >= 15 is 0 Å². The average Bonchev–Trinajstić information content (AvgIpc) is 3.21. The van der Waals surface area contributed by atoms with Crippen LogP contribution in [0, 0.1) is 10.1 Å². The van der Waals surface area contributed by atoms with E-state index in [-0.39, 0.29) is 11.6 Å². The molecule has 9 heteroatoms. The van der Waals surface area contributed by atoms with Crippen molar-refractivity contribution in [2.45, 2.75) is 0 Å². The lowest BCUT2D eigenvalue weighted by molar-refractivity contribution is -0.384. The highest BCUT2D eigenvalue weighted by Gasteiger charge is 2.22. The number of benzene rings is 2. The van der Waals surface area contributed by atoms with Crippen molar-refractivity contribution in [1.82, 2.24) is 9.88 Å². The Morgan fingerprint density at radius 1 is 1.20 bits per heavy atom. The van der Waals surface area contributed by atoms with Crippen molar-refractivity contribution >= 4 is 44.4 Å². The summed E-state index contributed by atoms with van der Waals surface area (Å²) in [6, 6.07) is 12.0. The van der Waals surface area contributed by atoms with E-state index in [0.717, 1.165) is 21.1 Å². The number of carbonyl (C=O) groups excluding carboxylic acids is 1. The van der Waals surface area contributed by atoms with Gasteiger partial charge < -0.3 is 14.5 Å². The van der Waals surface area contributed by atoms with Crippen LogP contribution in [0.5, 0.6) is 5.75 Å². The number of thiazole rings is 1. The molecule has 8 nitrogen and oxygen atoms in total. The van der Waals surface area contributed by atoms with Gasteiger partial charge in [0, 0.05) is 44.4 Å². The number of piperazine rings is 1. The zero-order valence-corrected chi connectivity index (χ0v) is 17.2. The predicted molar refractivity (Wildman–Crippen MR) is 117 cm³/mol. The van der Waals surface area contributed by atoms with Crippen molar-refractivity contribution in [2.24, 2.45) is 0 Å². The fourth-order valence-electron chi connectivity index (χ4n) is 3.29. The minimum atomic E-state index is -0.448. The summed E-state index contributed by atoms with van der Waals surface area (Å²) in [6.45, 7) is 2.59. The van der Waals surface area contributed by atoms with Crippen LogP contribution in [0.3, 0.4) is 0 Å². The number of methoxy groups -OCH3 is 1. The summed E-state index contributed by atoms with van der Waals surface area (Å²) in [4.78, 5) is 31.6. The highest BCUT2D eigenvalue weighted by molar-refractivity contribution is 7.22. The van der Waals surface area contributed by atoms with Crippen LogP contribution in [0.4, 0.5) is 10.8 Å². The molecule has 154 valence electrons. The third-order valence-electron chi connectivity index (χ3n) is 4.95. The number of anilines is 1. The normalized spacial score (nSPS) is 14.4. The summed E-state index contributed by atoms with van der Waals surface area (Å²) in [7, 11) is 1.65. The van der Waals surface area contributed by atoms with Crippen molar-refractivity contribution in [2.75, 3.05) is 38.2 Å². The summed E-state index contributed by atoms with van der Waals surface area (Å²) in [6.07, 6.45) is 3.08. The Bertz CT molecular complexity index is 1120. The van der Waals surface area contributed by atoms with Gasteiger partial charge in [-0.1, -0.05) is 23.5 Å². The number of hydrogen-bond acceptors (Lipinski definition) is 7.